The van der Waals surface area contributed by atoms with E-state index in [9.17, 15) is 22.8 Å². The lowest BCUT2D eigenvalue weighted by Gasteiger charge is -2.30. The minimum absolute atomic E-state index is 0.0203. The quantitative estimate of drug-likeness (QED) is 0.501. The van der Waals surface area contributed by atoms with Gasteiger partial charge in [-0.1, -0.05) is 20.8 Å². The van der Waals surface area contributed by atoms with Gasteiger partial charge in [0.25, 0.3) is 5.91 Å². The number of carbonyl (C=O) groups excluding carboxylic acids is 2. The molecule has 0 unspecified atom stereocenters. The van der Waals surface area contributed by atoms with Crippen LogP contribution in [0.2, 0.25) is 0 Å². The van der Waals surface area contributed by atoms with Gasteiger partial charge in [0.2, 0.25) is 11.8 Å². The van der Waals surface area contributed by atoms with Crippen LogP contribution in [0.15, 0.2) is 18.2 Å². The third-order valence-electron chi connectivity index (χ3n) is 6.23. The number of hydrogen-bond acceptors (Lipinski definition) is 4. The van der Waals surface area contributed by atoms with Crippen molar-refractivity contribution >= 4 is 22.7 Å². The van der Waals surface area contributed by atoms with E-state index in [0.717, 1.165) is 0 Å². The Morgan fingerprint density at radius 1 is 1.26 bits per heavy atom. The fourth-order valence-electron chi connectivity index (χ4n) is 4.25. The molecular weight excluding hydrogens is 449 g/mol. The Morgan fingerprint density at radius 2 is 1.94 bits per heavy atom. The predicted octanol–water partition coefficient (Wildman–Crippen LogP) is 3.64. The third kappa shape index (κ3) is 6.28. The topological polar surface area (TPSA) is 96.2 Å². The van der Waals surface area contributed by atoms with Gasteiger partial charge in [0.1, 0.15) is 11.9 Å². The molecule has 0 bridgehead atoms. The van der Waals surface area contributed by atoms with E-state index in [1.165, 1.54) is 18.2 Å². The molecule has 1 saturated carbocycles. The average molecular weight is 483 g/mol. The Bertz CT molecular complexity index is 1020. The first-order valence-electron chi connectivity index (χ1n) is 11.6. The maximum atomic E-state index is 14.0. The summed E-state index contributed by atoms with van der Waals surface area (Å²) in [5, 5.41) is 19.1. The van der Waals surface area contributed by atoms with Crippen molar-refractivity contribution in [3.8, 4) is 0 Å². The molecule has 0 spiro atoms. The lowest BCUT2D eigenvalue weighted by Crippen LogP contribution is -2.53. The summed E-state index contributed by atoms with van der Waals surface area (Å²) in [4.78, 5) is 25.9. The van der Waals surface area contributed by atoms with Gasteiger partial charge in [-0.25, -0.2) is 13.2 Å². The summed E-state index contributed by atoms with van der Waals surface area (Å²) in [7, 11) is 0. The molecule has 1 heterocycles. The van der Waals surface area contributed by atoms with Crippen molar-refractivity contribution in [1.82, 2.24) is 20.4 Å². The molecule has 1 aromatic heterocycles. The van der Waals surface area contributed by atoms with Crippen LogP contribution in [0.4, 0.5) is 13.2 Å². The molecule has 3 rings (SSSR count). The molecule has 1 aliphatic rings. The second-order valence-corrected chi connectivity index (χ2v) is 10.1. The molecule has 1 aromatic carbocycles. The van der Waals surface area contributed by atoms with Gasteiger partial charge in [-0.05, 0) is 48.8 Å². The molecule has 1 fully saturated rings. The molecule has 10 heteroatoms. The van der Waals surface area contributed by atoms with Crippen molar-refractivity contribution < 1.29 is 27.9 Å². The zero-order valence-corrected chi connectivity index (χ0v) is 19.8. The molecular formula is C24H33F3N4O3. The SMILES string of the molecule is CC(C)(C)[C@H](NC(=O)c1nn(CC2CCC(F)(F)CC2)c2ccc(F)cc12)C(=O)NCCCO. The number of nitrogens with zero attached hydrogens (tertiary/aromatic N) is 2. The molecule has 1 aliphatic carbocycles. The maximum absolute atomic E-state index is 14.0. The highest BCUT2D eigenvalue weighted by Gasteiger charge is 2.36. The van der Waals surface area contributed by atoms with Gasteiger partial charge in [-0.15, -0.1) is 0 Å². The summed E-state index contributed by atoms with van der Waals surface area (Å²) in [6.07, 6.45) is 0.710. The monoisotopic (exact) mass is 482 g/mol. The number of aliphatic hydroxyl groups is 1. The lowest BCUT2D eigenvalue weighted by molar-refractivity contribution is -0.125. The third-order valence-corrected chi connectivity index (χ3v) is 6.23. The smallest absolute Gasteiger partial charge is 0.273 e. The first-order valence-corrected chi connectivity index (χ1v) is 11.6. The lowest BCUT2D eigenvalue weighted by atomic mass is 9.86. The molecule has 7 nitrogen and oxygen atoms in total. The van der Waals surface area contributed by atoms with Gasteiger partial charge >= 0.3 is 0 Å². The number of aromatic nitrogens is 2. The largest absolute Gasteiger partial charge is 0.396 e. The summed E-state index contributed by atoms with van der Waals surface area (Å²) in [6, 6.07) is 3.11. The number of rotatable bonds is 8. The highest BCUT2D eigenvalue weighted by Crippen LogP contribution is 2.37. The van der Waals surface area contributed by atoms with Crippen LogP contribution in [0, 0.1) is 17.2 Å². The van der Waals surface area contributed by atoms with E-state index >= 15 is 0 Å². The zero-order chi connectivity index (χ0) is 25.1. The van der Waals surface area contributed by atoms with E-state index in [1.54, 1.807) is 25.5 Å². The highest BCUT2D eigenvalue weighted by molar-refractivity contribution is 6.06. The number of halogens is 3. The van der Waals surface area contributed by atoms with E-state index in [2.05, 4.69) is 15.7 Å². The molecule has 1 atom stereocenters. The van der Waals surface area contributed by atoms with Crippen molar-refractivity contribution in [3.63, 3.8) is 0 Å². The molecule has 2 amide bonds. The first-order chi connectivity index (χ1) is 15.9. The van der Waals surface area contributed by atoms with Crippen LogP contribution < -0.4 is 10.6 Å². The molecule has 34 heavy (non-hydrogen) atoms. The molecule has 0 saturated heterocycles. The van der Waals surface area contributed by atoms with Crippen LogP contribution in [0.1, 0.15) is 63.4 Å². The van der Waals surface area contributed by atoms with Crippen molar-refractivity contribution in [2.75, 3.05) is 13.2 Å². The Hall–Kier alpha value is -2.62. The minimum Gasteiger partial charge on any atom is -0.396 e. The number of carbonyl (C=O) groups is 2. The van der Waals surface area contributed by atoms with E-state index in [0.29, 0.717) is 36.7 Å². The summed E-state index contributed by atoms with van der Waals surface area (Å²) in [5.41, 5.74) is -0.118. The summed E-state index contributed by atoms with van der Waals surface area (Å²) in [6.45, 7) is 5.95. The molecule has 0 aliphatic heterocycles. The van der Waals surface area contributed by atoms with Gasteiger partial charge in [-0.3, -0.25) is 14.3 Å². The van der Waals surface area contributed by atoms with E-state index in [1.807, 2.05) is 0 Å². The Kier molecular flexibility index (Phi) is 7.90. The van der Waals surface area contributed by atoms with Gasteiger partial charge in [0, 0.05) is 37.9 Å². The van der Waals surface area contributed by atoms with E-state index in [4.69, 9.17) is 5.11 Å². The molecule has 3 N–H and O–H groups in total. The fraction of sp³-hybridized carbons (Fsp3) is 0.625. The van der Waals surface area contributed by atoms with E-state index < -0.39 is 35.0 Å². The maximum Gasteiger partial charge on any atom is 0.273 e. The van der Waals surface area contributed by atoms with Crippen LogP contribution in [0.3, 0.4) is 0 Å². The van der Waals surface area contributed by atoms with Crippen LogP contribution in [0.5, 0.6) is 0 Å². The number of alkyl halides is 2. The highest BCUT2D eigenvalue weighted by atomic mass is 19.3. The minimum atomic E-state index is -2.64. The number of aliphatic hydroxyl groups excluding tert-OH is 1. The standard InChI is InChI=1S/C24H33F3N4O3/c1-23(2,3)20(22(34)28-11-4-12-32)29-21(33)19-17-13-16(25)5-6-18(17)31(30-19)14-15-7-9-24(26,27)10-8-15/h5-6,13,15,20,32H,4,7-12,14H2,1-3H3,(H,28,34)(H,29,33)/t20-/m1/s1. The molecule has 188 valence electrons. The fourth-order valence-corrected chi connectivity index (χ4v) is 4.25. The molecule has 2 aromatic rings. The van der Waals surface area contributed by atoms with Crippen molar-refractivity contribution in [2.24, 2.45) is 11.3 Å². The number of nitrogens with one attached hydrogen (secondary N) is 2. The Morgan fingerprint density at radius 3 is 2.56 bits per heavy atom. The van der Waals surface area contributed by atoms with Gasteiger partial charge in [-0.2, -0.15) is 5.10 Å². The van der Waals surface area contributed by atoms with Crippen molar-refractivity contribution in [2.45, 2.75) is 71.4 Å². The molecule has 0 radical (unpaired) electrons. The van der Waals surface area contributed by atoms with Crippen LogP contribution in [-0.2, 0) is 11.3 Å². The first kappa shape index (κ1) is 26.0. The number of amides is 2. The predicted molar refractivity (Wildman–Crippen MR) is 122 cm³/mol. The normalized spacial score (nSPS) is 17.5. The Labute approximate surface area is 197 Å². The second-order valence-electron chi connectivity index (χ2n) is 10.1. The zero-order valence-electron chi connectivity index (χ0n) is 19.8. The Balaban J connectivity index is 1.85. The van der Waals surface area contributed by atoms with Crippen LogP contribution in [-0.4, -0.2) is 51.8 Å². The number of hydrogen-bond donors (Lipinski definition) is 3. The van der Waals surface area contributed by atoms with Gasteiger partial charge in [0.05, 0.1) is 5.52 Å². The van der Waals surface area contributed by atoms with Gasteiger partial charge < -0.3 is 15.7 Å². The summed E-state index contributed by atoms with van der Waals surface area (Å²) in [5.74, 6) is -4.22. The second kappa shape index (κ2) is 10.3. The van der Waals surface area contributed by atoms with Crippen molar-refractivity contribution in [3.05, 3.63) is 29.7 Å². The summed E-state index contributed by atoms with van der Waals surface area (Å²) < 4.78 is 42.7. The van der Waals surface area contributed by atoms with Crippen molar-refractivity contribution in [1.29, 1.82) is 0 Å². The summed E-state index contributed by atoms with van der Waals surface area (Å²) >= 11 is 0. The average Bonchev–Trinajstić information content (AvgIpc) is 3.10. The van der Waals surface area contributed by atoms with Gasteiger partial charge in [0.15, 0.2) is 5.69 Å². The van der Waals surface area contributed by atoms with Crippen LogP contribution in [0.25, 0.3) is 10.9 Å². The van der Waals surface area contributed by atoms with Crippen LogP contribution >= 0.6 is 0 Å². The number of fused-ring (bicyclic) bond motifs is 1. The van der Waals surface area contributed by atoms with E-state index in [-0.39, 0.29) is 37.6 Å². The number of benzene rings is 1.